The van der Waals surface area contributed by atoms with Gasteiger partial charge in [-0.15, -0.1) is 0 Å². The highest BCUT2D eigenvalue weighted by molar-refractivity contribution is 6.10. The molecule has 1 rings (SSSR count). The number of carboxylic acids is 1. The highest BCUT2D eigenvalue weighted by Crippen LogP contribution is 2.30. The molecule has 0 spiro atoms. The molecule has 0 aromatic heterocycles. The number of nitro groups is 2. The van der Waals surface area contributed by atoms with Crippen molar-refractivity contribution < 1.29 is 24.5 Å². The number of benzene rings is 1. The summed E-state index contributed by atoms with van der Waals surface area (Å²) in [6.07, 6.45) is 0. The number of nitrogens with one attached hydrogen (secondary N) is 1. The van der Waals surface area contributed by atoms with Crippen LogP contribution in [0, 0.1) is 26.1 Å². The van der Waals surface area contributed by atoms with Crippen LogP contribution in [0.15, 0.2) is 18.2 Å². The van der Waals surface area contributed by atoms with E-state index in [0.29, 0.717) is 0 Å². The summed E-state index contributed by atoms with van der Waals surface area (Å²) in [5.41, 5.74) is 2.10. The zero-order valence-electron chi connectivity index (χ0n) is 13.8. The van der Waals surface area contributed by atoms with Crippen LogP contribution in [0.2, 0.25) is 0 Å². The van der Waals surface area contributed by atoms with Gasteiger partial charge in [0.05, 0.1) is 22.0 Å². The van der Waals surface area contributed by atoms with Crippen molar-refractivity contribution in [2.45, 2.75) is 32.4 Å². The van der Waals surface area contributed by atoms with Crippen LogP contribution in [0.25, 0.3) is 0 Å². The molecule has 0 aliphatic carbocycles. The fourth-order valence-electron chi connectivity index (χ4n) is 2.04. The maximum Gasteiger partial charge on any atom is 0.331 e. The first kappa shape index (κ1) is 20.0. The van der Waals surface area contributed by atoms with Gasteiger partial charge in [-0.05, 0) is 18.9 Å². The average Bonchev–Trinajstić information content (AvgIpc) is 2.50. The van der Waals surface area contributed by atoms with Crippen LogP contribution in [0.1, 0.15) is 20.8 Å². The van der Waals surface area contributed by atoms with Crippen molar-refractivity contribution in [2.75, 3.05) is 5.32 Å². The van der Waals surface area contributed by atoms with Gasteiger partial charge in [0, 0.05) is 6.07 Å². The van der Waals surface area contributed by atoms with Gasteiger partial charge in [0.15, 0.2) is 11.3 Å². The van der Waals surface area contributed by atoms with E-state index in [4.69, 9.17) is 10.8 Å². The summed E-state index contributed by atoms with van der Waals surface area (Å²) >= 11 is 0. The van der Waals surface area contributed by atoms with Crippen molar-refractivity contribution in [1.82, 2.24) is 0 Å². The molecule has 1 aromatic carbocycles. The summed E-state index contributed by atoms with van der Waals surface area (Å²) in [4.78, 5) is 43.9. The first-order valence-electron chi connectivity index (χ1n) is 7.15. The molecule has 0 fully saturated rings. The Balaban J connectivity index is 3.32. The monoisotopic (exact) mass is 354 g/mol. The molecule has 0 saturated carbocycles. The second kappa shape index (κ2) is 7.21. The van der Waals surface area contributed by atoms with Crippen LogP contribution in [0.4, 0.5) is 17.1 Å². The van der Waals surface area contributed by atoms with Crippen molar-refractivity contribution in [2.24, 2.45) is 11.7 Å². The second-order valence-corrected chi connectivity index (χ2v) is 5.95. The van der Waals surface area contributed by atoms with Gasteiger partial charge in [0.1, 0.15) is 5.69 Å². The number of carboxylic acid groups (broad SMARTS) is 1. The third-order valence-electron chi connectivity index (χ3n) is 3.61. The maximum atomic E-state index is 12.5. The van der Waals surface area contributed by atoms with Crippen LogP contribution >= 0.6 is 0 Å². The predicted octanol–water partition coefficient (Wildman–Crippen LogP) is 1.31. The van der Waals surface area contributed by atoms with E-state index in [9.17, 15) is 29.8 Å². The largest absolute Gasteiger partial charge is 0.480 e. The van der Waals surface area contributed by atoms with Crippen LogP contribution in [0.3, 0.4) is 0 Å². The lowest BCUT2D eigenvalue weighted by atomic mass is 9.86. The van der Waals surface area contributed by atoms with Gasteiger partial charge in [-0.1, -0.05) is 13.8 Å². The van der Waals surface area contributed by atoms with Crippen LogP contribution in [0.5, 0.6) is 0 Å². The number of carbonyl (C=O) groups is 2. The minimum Gasteiger partial charge on any atom is -0.480 e. The minimum absolute atomic E-state index is 0.149. The SMILES string of the molecule is CC(C)[C@H](Nc1ccc([N+](=O)[O-])cc1[N+](=O)[O-])C(=O)[C@@](C)(N)C(=O)O. The summed E-state index contributed by atoms with van der Waals surface area (Å²) in [6, 6.07) is 1.73. The highest BCUT2D eigenvalue weighted by Gasteiger charge is 2.42. The van der Waals surface area contributed by atoms with E-state index in [2.05, 4.69) is 5.32 Å². The van der Waals surface area contributed by atoms with Crippen LogP contribution in [-0.2, 0) is 9.59 Å². The van der Waals surface area contributed by atoms with Gasteiger partial charge in [-0.2, -0.15) is 0 Å². The molecule has 0 amide bonds. The van der Waals surface area contributed by atoms with E-state index >= 15 is 0 Å². The molecule has 25 heavy (non-hydrogen) atoms. The number of ketones is 1. The number of Topliss-reactive ketones (excluding diaryl/α,β-unsaturated/α-hetero) is 1. The Morgan fingerprint density at radius 3 is 2.20 bits per heavy atom. The number of hydrogen-bond donors (Lipinski definition) is 3. The van der Waals surface area contributed by atoms with Crippen molar-refractivity contribution in [1.29, 1.82) is 0 Å². The Morgan fingerprint density at radius 2 is 1.80 bits per heavy atom. The molecule has 0 radical (unpaired) electrons. The number of nitrogens with two attached hydrogens (primary N) is 1. The molecule has 11 heteroatoms. The number of nitrogens with zero attached hydrogens (tertiary/aromatic N) is 2. The van der Waals surface area contributed by atoms with E-state index in [0.717, 1.165) is 25.1 Å². The van der Waals surface area contributed by atoms with E-state index in [1.807, 2.05) is 0 Å². The standard InChI is InChI=1S/C14H18N4O7/c1-7(2)11(12(19)14(3,15)13(20)21)16-9-5-4-8(17(22)23)6-10(9)18(24)25/h4-7,11,16H,15H2,1-3H3,(H,20,21)/t11-,14+/m0/s1. The Bertz CT molecular complexity index is 730. The summed E-state index contributed by atoms with van der Waals surface area (Å²) in [5.74, 6) is -2.87. The predicted molar refractivity (Wildman–Crippen MR) is 87.2 cm³/mol. The molecule has 0 aliphatic heterocycles. The third-order valence-corrected chi connectivity index (χ3v) is 3.61. The van der Waals surface area contributed by atoms with Gasteiger partial charge >= 0.3 is 5.97 Å². The molecule has 0 aliphatic rings. The zero-order chi connectivity index (χ0) is 19.5. The van der Waals surface area contributed by atoms with E-state index < -0.39 is 50.5 Å². The van der Waals surface area contributed by atoms with Crippen LogP contribution < -0.4 is 11.1 Å². The molecule has 0 unspecified atom stereocenters. The molecule has 1 aromatic rings. The first-order chi connectivity index (χ1) is 11.4. The Labute approximate surface area is 142 Å². The van der Waals surface area contributed by atoms with E-state index in [1.54, 1.807) is 13.8 Å². The number of anilines is 1. The lowest BCUT2D eigenvalue weighted by molar-refractivity contribution is -0.393. The summed E-state index contributed by atoms with van der Waals surface area (Å²) < 4.78 is 0. The topological polar surface area (TPSA) is 179 Å². The molecule has 0 bridgehead atoms. The lowest BCUT2D eigenvalue weighted by Crippen LogP contribution is -2.58. The fraction of sp³-hybridized carbons (Fsp3) is 0.429. The van der Waals surface area contributed by atoms with Gasteiger partial charge in [-0.3, -0.25) is 25.0 Å². The number of non-ortho nitro benzene ring substituents is 1. The average molecular weight is 354 g/mol. The number of carbonyl (C=O) groups excluding carboxylic acids is 1. The molecular formula is C14H18N4O7. The maximum absolute atomic E-state index is 12.5. The molecule has 11 nitrogen and oxygen atoms in total. The summed E-state index contributed by atoms with van der Waals surface area (Å²) in [7, 11) is 0. The molecule has 4 N–H and O–H groups in total. The van der Waals surface area contributed by atoms with Gasteiger partial charge < -0.3 is 16.2 Å². The van der Waals surface area contributed by atoms with Crippen LogP contribution in [-0.4, -0.2) is 38.3 Å². The molecule has 2 atom stereocenters. The fourth-order valence-corrected chi connectivity index (χ4v) is 2.04. The molecule has 0 saturated heterocycles. The van der Waals surface area contributed by atoms with Gasteiger partial charge in [0.2, 0.25) is 0 Å². The highest BCUT2D eigenvalue weighted by atomic mass is 16.6. The van der Waals surface area contributed by atoms with Gasteiger partial charge in [0.25, 0.3) is 11.4 Å². The first-order valence-corrected chi connectivity index (χ1v) is 7.15. The molecular weight excluding hydrogens is 336 g/mol. The Kier molecular flexibility index (Phi) is 5.76. The van der Waals surface area contributed by atoms with Gasteiger partial charge in [-0.25, -0.2) is 4.79 Å². The lowest BCUT2D eigenvalue weighted by Gasteiger charge is -2.28. The number of hydrogen-bond acceptors (Lipinski definition) is 8. The Morgan fingerprint density at radius 1 is 1.24 bits per heavy atom. The molecule has 0 heterocycles. The number of rotatable bonds is 8. The number of nitro benzene ring substituents is 2. The quantitative estimate of drug-likeness (QED) is 0.352. The smallest absolute Gasteiger partial charge is 0.331 e. The zero-order valence-corrected chi connectivity index (χ0v) is 13.8. The van der Waals surface area contributed by atoms with Crippen molar-refractivity contribution in [3.05, 3.63) is 38.4 Å². The minimum atomic E-state index is -2.20. The number of aliphatic carboxylic acids is 1. The van der Waals surface area contributed by atoms with E-state index in [1.165, 1.54) is 0 Å². The van der Waals surface area contributed by atoms with Crippen molar-refractivity contribution >= 4 is 28.8 Å². The second-order valence-electron chi connectivity index (χ2n) is 5.95. The third kappa shape index (κ3) is 4.26. The van der Waals surface area contributed by atoms with E-state index in [-0.39, 0.29) is 5.69 Å². The summed E-state index contributed by atoms with van der Waals surface area (Å²) in [5, 5.41) is 33.6. The van der Waals surface area contributed by atoms with Crippen molar-refractivity contribution in [3.63, 3.8) is 0 Å². The normalized spacial score (nSPS) is 14.4. The molecule has 136 valence electrons. The van der Waals surface area contributed by atoms with Crippen molar-refractivity contribution in [3.8, 4) is 0 Å². The Hall–Kier alpha value is -3.08. The summed E-state index contributed by atoms with van der Waals surface area (Å²) in [6.45, 7) is 4.23.